The molecule has 1 aliphatic rings. The molecular weight excluding hydrogens is 414 g/mol. The largest absolute Gasteiger partial charge is 0.484 e. The van der Waals surface area contributed by atoms with Gasteiger partial charge in [-0.15, -0.1) is 0 Å². The van der Waals surface area contributed by atoms with Gasteiger partial charge in [-0.3, -0.25) is 14.9 Å². The molecule has 0 bridgehead atoms. The van der Waals surface area contributed by atoms with Crippen LogP contribution in [-0.4, -0.2) is 54.6 Å². The molecule has 1 aliphatic heterocycles. The minimum absolute atomic E-state index is 0.0338. The molecule has 2 amide bonds. The van der Waals surface area contributed by atoms with E-state index in [0.29, 0.717) is 47.8 Å². The Morgan fingerprint density at radius 3 is 2.69 bits per heavy atom. The van der Waals surface area contributed by atoms with E-state index in [4.69, 9.17) is 21.1 Å². The molecular formula is C20H18ClN3O4S. The first kappa shape index (κ1) is 19.6. The van der Waals surface area contributed by atoms with Gasteiger partial charge in [-0.05, 0) is 42.5 Å². The molecule has 2 heterocycles. The van der Waals surface area contributed by atoms with Gasteiger partial charge >= 0.3 is 0 Å². The molecule has 0 aliphatic carbocycles. The quantitative estimate of drug-likeness (QED) is 0.669. The number of ether oxygens (including phenoxy) is 2. The molecule has 0 spiro atoms. The fourth-order valence-electron chi connectivity index (χ4n) is 2.90. The first-order valence-corrected chi connectivity index (χ1v) is 10.2. The molecule has 0 saturated carbocycles. The number of morpholine rings is 1. The number of amides is 2. The summed E-state index contributed by atoms with van der Waals surface area (Å²) in [6.45, 7) is 2.14. The Balaban J connectivity index is 1.31. The van der Waals surface area contributed by atoms with E-state index in [2.05, 4.69) is 10.3 Å². The molecule has 7 nitrogen and oxygen atoms in total. The van der Waals surface area contributed by atoms with Gasteiger partial charge in [-0.1, -0.05) is 22.9 Å². The lowest BCUT2D eigenvalue weighted by atomic mass is 10.2. The molecule has 1 aromatic heterocycles. The van der Waals surface area contributed by atoms with Gasteiger partial charge in [-0.2, -0.15) is 0 Å². The smallest absolute Gasteiger partial charge is 0.264 e. The third kappa shape index (κ3) is 4.84. The Morgan fingerprint density at radius 2 is 1.93 bits per heavy atom. The molecule has 2 aromatic carbocycles. The lowest BCUT2D eigenvalue weighted by Gasteiger charge is -2.26. The maximum absolute atomic E-state index is 12.4. The van der Waals surface area contributed by atoms with Crippen molar-refractivity contribution in [3.05, 3.63) is 53.1 Å². The Kier molecular flexibility index (Phi) is 5.94. The number of fused-ring (bicyclic) bond motifs is 1. The van der Waals surface area contributed by atoms with Gasteiger partial charge in [-0.25, -0.2) is 4.98 Å². The number of rotatable bonds is 5. The zero-order chi connectivity index (χ0) is 20.2. The molecule has 0 unspecified atom stereocenters. The highest BCUT2D eigenvalue weighted by atomic mass is 35.5. The molecule has 1 fully saturated rings. The van der Waals surface area contributed by atoms with Crippen LogP contribution in [0.5, 0.6) is 5.75 Å². The van der Waals surface area contributed by atoms with Crippen molar-refractivity contribution in [2.75, 3.05) is 38.2 Å². The Morgan fingerprint density at radius 1 is 1.17 bits per heavy atom. The van der Waals surface area contributed by atoms with Crippen LogP contribution in [0.1, 0.15) is 10.4 Å². The zero-order valence-electron chi connectivity index (χ0n) is 15.4. The van der Waals surface area contributed by atoms with E-state index < -0.39 is 0 Å². The van der Waals surface area contributed by atoms with E-state index >= 15 is 0 Å². The second-order valence-electron chi connectivity index (χ2n) is 6.40. The van der Waals surface area contributed by atoms with Crippen molar-refractivity contribution in [1.82, 2.24) is 9.88 Å². The van der Waals surface area contributed by atoms with Crippen LogP contribution in [-0.2, 0) is 9.53 Å². The summed E-state index contributed by atoms with van der Waals surface area (Å²) in [5.41, 5.74) is 1.35. The third-order valence-corrected chi connectivity index (χ3v) is 5.54. The second kappa shape index (κ2) is 8.77. The SMILES string of the molecule is O=C(COc1ccc(C(=O)N2CCOCC2)cc1)Nc1nc2ccc(Cl)cc2s1. The number of thiazole rings is 1. The fourth-order valence-corrected chi connectivity index (χ4v) is 4.06. The van der Waals surface area contributed by atoms with Crippen molar-refractivity contribution < 1.29 is 19.1 Å². The highest BCUT2D eigenvalue weighted by Crippen LogP contribution is 2.28. The minimum Gasteiger partial charge on any atom is -0.484 e. The standard InChI is InChI=1S/C20H18ClN3O4S/c21-14-3-6-16-17(11-14)29-20(22-16)23-18(25)12-28-15-4-1-13(2-5-15)19(26)24-7-9-27-10-8-24/h1-6,11H,7-10,12H2,(H,22,23,25). The van der Waals surface area contributed by atoms with Gasteiger partial charge in [0, 0.05) is 23.7 Å². The van der Waals surface area contributed by atoms with Crippen LogP contribution in [0.25, 0.3) is 10.2 Å². The predicted molar refractivity (Wildman–Crippen MR) is 112 cm³/mol. The van der Waals surface area contributed by atoms with Gasteiger partial charge < -0.3 is 14.4 Å². The van der Waals surface area contributed by atoms with Gasteiger partial charge in [0.05, 0.1) is 23.4 Å². The lowest BCUT2D eigenvalue weighted by molar-refractivity contribution is -0.118. The van der Waals surface area contributed by atoms with Crippen LogP contribution in [0, 0.1) is 0 Å². The highest BCUT2D eigenvalue weighted by molar-refractivity contribution is 7.22. The van der Waals surface area contributed by atoms with E-state index in [1.54, 1.807) is 47.4 Å². The lowest BCUT2D eigenvalue weighted by Crippen LogP contribution is -2.40. The van der Waals surface area contributed by atoms with E-state index in [9.17, 15) is 9.59 Å². The third-order valence-electron chi connectivity index (χ3n) is 4.37. The average molecular weight is 432 g/mol. The number of nitrogens with one attached hydrogen (secondary N) is 1. The van der Waals surface area contributed by atoms with Crippen molar-refractivity contribution in [2.24, 2.45) is 0 Å². The summed E-state index contributed by atoms with van der Waals surface area (Å²) in [4.78, 5) is 30.7. The van der Waals surface area contributed by atoms with Crippen molar-refractivity contribution in [1.29, 1.82) is 0 Å². The maximum Gasteiger partial charge on any atom is 0.264 e. The van der Waals surface area contributed by atoms with E-state index in [1.807, 2.05) is 0 Å². The van der Waals surface area contributed by atoms with Gasteiger partial charge in [0.2, 0.25) is 0 Å². The number of nitrogens with zero attached hydrogens (tertiary/aromatic N) is 2. The molecule has 1 N–H and O–H groups in total. The number of hydrogen-bond acceptors (Lipinski definition) is 6. The van der Waals surface area contributed by atoms with Crippen LogP contribution in [0.4, 0.5) is 5.13 Å². The van der Waals surface area contributed by atoms with Crippen LogP contribution in [0.2, 0.25) is 5.02 Å². The van der Waals surface area contributed by atoms with E-state index in [-0.39, 0.29) is 18.4 Å². The summed E-state index contributed by atoms with van der Waals surface area (Å²) in [5, 5.41) is 3.83. The van der Waals surface area contributed by atoms with Crippen LogP contribution >= 0.6 is 22.9 Å². The first-order valence-electron chi connectivity index (χ1n) is 9.04. The van der Waals surface area contributed by atoms with Crippen molar-refractivity contribution >= 4 is 50.1 Å². The molecule has 0 atom stereocenters. The summed E-state index contributed by atoms with van der Waals surface area (Å²) >= 11 is 7.31. The fraction of sp³-hybridized carbons (Fsp3) is 0.250. The van der Waals surface area contributed by atoms with Gasteiger partial charge in [0.1, 0.15) is 5.75 Å². The Labute approximate surface area is 176 Å². The normalized spacial score (nSPS) is 14.0. The maximum atomic E-state index is 12.4. The molecule has 1 saturated heterocycles. The molecule has 4 rings (SSSR count). The van der Waals surface area contributed by atoms with Gasteiger partial charge in [0.25, 0.3) is 11.8 Å². The molecule has 3 aromatic rings. The summed E-state index contributed by atoms with van der Waals surface area (Å²) in [7, 11) is 0. The van der Waals surface area contributed by atoms with Crippen molar-refractivity contribution in [3.8, 4) is 5.75 Å². The molecule has 29 heavy (non-hydrogen) atoms. The highest BCUT2D eigenvalue weighted by Gasteiger charge is 2.18. The zero-order valence-corrected chi connectivity index (χ0v) is 17.0. The van der Waals surface area contributed by atoms with Crippen LogP contribution < -0.4 is 10.1 Å². The minimum atomic E-state index is -0.316. The average Bonchev–Trinajstić information content (AvgIpc) is 3.14. The summed E-state index contributed by atoms with van der Waals surface area (Å²) in [6.07, 6.45) is 0. The number of aromatic nitrogens is 1. The predicted octanol–water partition coefficient (Wildman–Crippen LogP) is 3.44. The summed E-state index contributed by atoms with van der Waals surface area (Å²) < 4.78 is 11.7. The number of carbonyl (C=O) groups is 2. The van der Waals surface area contributed by atoms with Crippen LogP contribution in [0.3, 0.4) is 0 Å². The number of carbonyl (C=O) groups excluding carboxylic acids is 2. The van der Waals surface area contributed by atoms with Crippen molar-refractivity contribution in [3.63, 3.8) is 0 Å². The number of halogens is 1. The first-order chi connectivity index (χ1) is 14.1. The van der Waals surface area contributed by atoms with E-state index in [0.717, 1.165) is 10.2 Å². The monoisotopic (exact) mass is 431 g/mol. The van der Waals surface area contributed by atoms with Crippen LogP contribution in [0.15, 0.2) is 42.5 Å². The number of benzene rings is 2. The second-order valence-corrected chi connectivity index (χ2v) is 7.86. The summed E-state index contributed by atoms with van der Waals surface area (Å²) in [6, 6.07) is 12.1. The van der Waals surface area contributed by atoms with Crippen molar-refractivity contribution in [2.45, 2.75) is 0 Å². The molecule has 9 heteroatoms. The molecule has 0 radical (unpaired) electrons. The molecule has 150 valence electrons. The Bertz CT molecular complexity index is 1030. The number of hydrogen-bond donors (Lipinski definition) is 1. The Hall–Kier alpha value is -2.68. The van der Waals surface area contributed by atoms with Gasteiger partial charge in [0.15, 0.2) is 11.7 Å². The topological polar surface area (TPSA) is 80.8 Å². The van der Waals surface area contributed by atoms with E-state index in [1.165, 1.54) is 11.3 Å². The number of anilines is 1. The summed E-state index contributed by atoms with van der Waals surface area (Å²) in [5.74, 6) is 0.159.